The molecule has 0 saturated heterocycles. The molecule has 0 saturated carbocycles. The third-order valence-corrected chi connectivity index (χ3v) is 7.30. The Morgan fingerprint density at radius 2 is 0.536 bits per heavy atom. The zero-order valence-electron chi connectivity index (χ0n) is 25.0. The lowest BCUT2D eigenvalue weighted by Crippen LogP contribution is -2.79. The van der Waals surface area contributed by atoms with Crippen LogP contribution < -0.4 is 4.90 Å². The largest absolute Gasteiger partial charge is 0.460 e. The molecule has 0 unspecified atom stereocenters. The van der Waals surface area contributed by atoms with Crippen molar-refractivity contribution >= 4 is 12.0 Å². The van der Waals surface area contributed by atoms with E-state index in [4.69, 9.17) is 0 Å². The van der Waals surface area contributed by atoms with Crippen LogP contribution in [0.25, 0.3) is 0 Å². The number of carbonyl (C=O) groups excluding carboxylic acids is 1. The summed E-state index contributed by atoms with van der Waals surface area (Å²) in [5.41, 5.74) is -2.23. The van der Waals surface area contributed by atoms with Crippen molar-refractivity contribution in [3.8, 4) is 0 Å². The summed E-state index contributed by atoms with van der Waals surface area (Å²) >= 11 is 0. The number of alkyl halides is 31. The molecule has 0 aliphatic rings. The van der Waals surface area contributed by atoms with Gasteiger partial charge in [0.05, 0.1) is 0 Å². The highest BCUT2D eigenvalue weighted by atomic mass is 19.4. The van der Waals surface area contributed by atoms with Gasteiger partial charge < -0.3 is 4.90 Å². The molecule has 0 spiro atoms. The molecule has 1 rings (SSSR count). The highest BCUT2D eigenvalue weighted by Crippen LogP contribution is 2.69. The van der Waals surface area contributed by atoms with Gasteiger partial charge in [-0.15, -0.1) is 0 Å². The van der Waals surface area contributed by atoms with E-state index < -0.39 is 112 Å². The van der Waals surface area contributed by atoms with Crippen molar-refractivity contribution in [2.75, 3.05) is 11.9 Å². The molecule has 33 heteroatoms. The summed E-state index contributed by atoms with van der Waals surface area (Å²) in [6, 6.07) is -6.52. The Hall–Kier alpha value is -3.48. The molecule has 0 amide bonds. The third kappa shape index (κ3) is 5.93. The van der Waals surface area contributed by atoms with Gasteiger partial charge in [0.1, 0.15) is 6.29 Å². The number of anilines is 1. The molecular weight excluding hydrogens is 895 g/mol. The number of aldehydes is 1. The summed E-state index contributed by atoms with van der Waals surface area (Å²) in [5.74, 6) is -125. The summed E-state index contributed by atoms with van der Waals surface area (Å²) in [4.78, 5) is 8.91. The molecule has 2 nitrogen and oxygen atoms in total. The Balaban J connectivity index is 3.99. The van der Waals surface area contributed by atoms with E-state index in [-0.39, 0.29) is 18.4 Å². The molecule has 1 aromatic carbocycles. The molecular formula is C23H8F31NO. The van der Waals surface area contributed by atoms with Crippen molar-refractivity contribution < 1.29 is 141 Å². The highest BCUT2D eigenvalue weighted by Gasteiger charge is 3.01. The Labute approximate surface area is 285 Å². The lowest BCUT2D eigenvalue weighted by atomic mass is 9.83. The van der Waals surface area contributed by atoms with Gasteiger partial charge in [0.25, 0.3) is 0 Å². The monoisotopic (exact) mass is 903 g/mol. The standard InChI is InChI=1S/C23H8F31NO/c1-55(8-4-2-7(6-56)3-5-8)23(53,54)21(48,49)19(44,45)17(40,41)15(36,37)13(32,33)11(28,29)9(24,25)10(26,27)12(30,31)14(34,35)16(38,39)18(42,43)20(46,47)22(50,51)52/h2-6H,1H3. The lowest BCUT2D eigenvalue weighted by Gasteiger charge is -2.47. The fraction of sp³-hybridized carbons (Fsp3) is 0.696. The van der Waals surface area contributed by atoms with E-state index in [1.54, 1.807) is 0 Å². The number of hydrogen-bond acceptors (Lipinski definition) is 2. The minimum Gasteiger partial charge on any atom is -0.311 e. The molecule has 0 aliphatic heterocycles. The molecule has 0 N–H and O–H groups in total. The molecule has 56 heavy (non-hydrogen) atoms. The molecule has 0 aliphatic carbocycles. The second-order valence-corrected chi connectivity index (χ2v) is 10.8. The quantitative estimate of drug-likeness (QED) is 0.0936. The summed E-state index contributed by atoms with van der Waals surface area (Å²) in [6.07, 6.45) is -8.51. The average molecular weight is 903 g/mol. The van der Waals surface area contributed by atoms with Crippen LogP contribution >= 0.6 is 0 Å². The topological polar surface area (TPSA) is 20.3 Å². The van der Waals surface area contributed by atoms with Crippen molar-refractivity contribution in [2.45, 2.75) is 89.2 Å². The minimum absolute atomic E-state index is 0.0355. The van der Waals surface area contributed by atoms with Gasteiger partial charge >= 0.3 is 89.2 Å². The number of rotatable bonds is 16. The molecule has 0 bridgehead atoms. The summed E-state index contributed by atoms with van der Waals surface area (Å²) in [7, 11) is -0.554. The van der Waals surface area contributed by atoms with Crippen LogP contribution in [0.1, 0.15) is 10.4 Å². The third-order valence-electron chi connectivity index (χ3n) is 7.30. The van der Waals surface area contributed by atoms with Gasteiger partial charge in [-0.1, -0.05) is 0 Å². The molecule has 1 aromatic rings. The molecule has 0 fully saturated rings. The molecule has 0 radical (unpaired) electrons. The minimum atomic E-state index is -10.1. The maximum Gasteiger partial charge on any atom is 0.460 e. The maximum atomic E-state index is 14.4. The predicted molar refractivity (Wildman–Crippen MR) is 116 cm³/mol. The fourth-order valence-corrected chi connectivity index (χ4v) is 3.69. The van der Waals surface area contributed by atoms with Crippen molar-refractivity contribution in [2.24, 2.45) is 0 Å². The van der Waals surface area contributed by atoms with Gasteiger partial charge in [-0.2, -0.15) is 136 Å². The average Bonchev–Trinajstić information content (AvgIpc) is 3.02. The summed E-state index contributed by atoms with van der Waals surface area (Å²) in [6.45, 7) is 0. The van der Waals surface area contributed by atoms with Crippen LogP contribution in [-0.2, 0) is 0 Å². The fourth-order valence-electron chi connectivity index (χ4n) is 3.69. The van der Waals surface area contributed by atoms with E-state index in [0.717, 1.165) is 0 Å². The van der Waals surface area contributed by atoms with E-state index in [1.165, 1.54) is 0 Å². The Morgan fingerprint density at radius 1 is 0.339 bits per heavy atom. The van der Waals surface area contributed by atoms with Crippen LogP contribution in [-0.4, -0.2) is 103 Å². The van der Waals surface area contributed by atoms with E-state index in [2.05, 4.69) is 0 Å². The number of nitrogens with zero attached hydrogens (tertiary/aromatic N) is 1. The van der Waals surface area contributed by atoms with Gasteiger partial charge in [0.2, 0.25) is 0 Å². The van der Waals surface area contributed by atoms with Crippen LogP contribution in [0.4, 0.5) is 142 Å². The van der Waals surface area contributed by atoms with Crippen molar-refractivity contribution in [3.63, 3.8) is 0 Å². The number of benzene rings is 1. The van der Waals surface area contributed by atoms with Gasteiger partial charge in [-0.25, -0.2) is 0 Å². The number of hydrogen-bond donors (Lipinski definition) is 0. The van der Waals surface area contributed by atoms with Crippen molar-refractivity contribution in [3.05, 3.63) is 29.8 Å². The van der Waals surface area contributed by atoms with Crippen LogP contribution in [0.3, 0.4) is 0 Å². The van der Waals surface area contributed by atoms with Crippen LogP contribution in [0.5, 0.6) is 0 Å². The SMILES string of the molecule is CN(c1ccc(C=O)cc1)C(F)(F)C(F)(F)C(F)(F)C(F)(F)C(F)(F)C(F)(F)C(F)(F)C(F)(F)C(F)(F)C(F)(F)C(F)(F)C(F)(F)C(F)(F)C(F)(F)C(F)(F)F. The highest BCUT2D eigenvalue weighted by molar-refractivity contribution is 5.75. The summed E-state index contributed by atoms with van der Waals surface area (Å²) in [5, 5.41) is 0. The first kappa shape index (κ1) is 50.5. The Bertz CT molecular complexity index is 1590. The summed E-state index contributed by atoms with van der Waals surface area (Å²) < 4.78 is 425. The van der Waals surface area contributed by atoms with Gasteiger partial charge in [-0.05, 0) is 24.3 Å². The Morgan fingerprint density at radius 3 is 0.732 bits per heavy atom. The van der Waals surface area contributed by atoms with E-state index in [9.17, 15) is 141 Å². The normalized spacial score (nSPS) is 16.3. The van der Waals surface area contributed by atoms with Crippen molar-refractivity contribution in [1.82, 2.24) is 0 Å². The molecule has 0 aromatic heterocycles. The van der Waals surface area contributed by atoms with E-state index >= 15 is 0 Å². The zero-order chi connectivity index (χ0) is 45.8. The maximum absolute atomic E-state index is 14.4. The van der Waals surface area contributed by atoms with Crippen LogP contribution in [0, 0.1) is 0 Å². The second-order valence-electron chi connectivity index (χ2n) is 10.8. The van der Waals surface area contributed by atoms with Gasteiger partial charge in [0.15, 0.2) is 0 Å². The van der Waals surface area contributed by atoms with Crippen LogP contribution in [0.15, 0.2) is 24.3 Å². The van der Waals surface area contributed by atoms with Crippen LogP contribution in [0.2, 0.25) is 0 Å². The van der Waals surface area contributed by atoms with E-state index in [1.807, 2.05) is 0 Å². The predicted octanol–water partition coefficient (Wildman–Crippen LogP) is 11.3. The molecule has 328 valence electrons. The van der Waals surface area contributed by atoms with Crippen molar-refractivity contribution in [1.29, 1.82) is 0 Å². The second kappa shape index (κ2) is 13.0. The number of carbonyl (C=O) groups is 1. The van der Waals surface area contributed by atoms with Gasteiger partial charge in [0, 0.05) is 18.3 Å². The van der Waals surface area contributed by atoms with E-state index in [0.29, 0.717) is 12.1 Å². The number of halogens is 31. The Kier molecular flexibility index (Phi) is 11.7. The lowest BCUT2D eigenvalue weighted by molar-refractivity contribution is -0.489. The molecule has 0 atom stereocenters. The van der Waals surface area contributed by atoms with Gasteiger partial charge in [-0.3, -0.25) is 4.79 Å². The molecule has 0 heterocycles. The smallest absolute Gasteiger partial charge is 0.311 e. The first-order valence-electron chi connectivity index (χ1n) is 12.6. The first-order chi connectivity index (χ1) is 23.9. The zero-order valence-corrected chi connectivity index (χ0v) is 25.0. The first-order valence-corrected chi connectivity index (χ1v) is 12.6.